The van der Waals surface area contributed by atoms with Crippen molar-refractivity contribution in [2.75, 3.05) is 14.2 Å². The third kappa shape index (κ3) is 3.14. The third-order valence-electron chi connectivity index (χ3n) is 2.48. The number of nitriles is 1. The summed E-state index contributed by atoms with van der Waals surface area (Å²) in [6.45, 7) is 1.77. The summed E-state index contributed by atoms with van der Waals surface area (Å²) in [4.78, 5) is 8.10. The molecule has 1 heterocycles. The minimum atomic E-state index is 0.108. The van der Waals surface area contributed by atoms with Gasteiger partial charge in [0.15, 0.2) is 0 Å². The van der Waals surface area contributed by atoms with E-state index in [2.05, 4.69) is 9.97 Å². The summed E-state index contributed by atoms with van der Waals surface area (Å²) in [5.41, 5.74) is 0.906. The summed E-state index contributed by atoms with van der Waals surface area (Å²) in [6.07, 6.45) is 0. The molecule has 6 heteroatoms. The molecule has 2 aromatic rings. The van der Waals surface area contributed by atoms with Crippen molar-refractivity contribution in [2.24, 2.45) is 0 Å². The average molecular weight is 271 g/mol. The van der Waals surface area contributed by atoms with Crippen LogP contribution in [0.2, 0.25) is 0 Å². The van der Waals surface area contributed by atoms with E-state index < -0.39 is 0 Å². The number of aromatic nitrogens is 2. The maximum Gasteiger partial charge on any atom is 0.323 e. The minimum Gasteiger partial charge on any atom is -0.496 e. The average Bonchev–Trinajstić information content (AvgIpc) is 2.46. The highest BCUT2D eigenvalue weighted by molar-refractivity contribution is 5.43. The molecule has 1 aromatic carbocycles. The molecule has 102 valence electrons. The lowest BCUT2D eigenvalue weighted by molar-refractivity contribution is 0.382. The molecule has 0 amide bonds. The van der Waals surface area contributed by atoms with E-state index in [-0.39, 0.29) is 11.7 Å². The van der Waals surface area contributed by atoms with Crippen molar-refractivity contribution < 1.29 is 14.2 Å². The smallest absolute Gasteiger partial charge is 0.323 e. The molecule has 0 unspecified atom stereocenters. The zero-order valence-electron chi connectivity index (χ0n) is 11.4. The summed E-state index contributed by atoms with van der Waals surface area (Å²) in [7, 11) is 3.10. The summed E-state index contributed by atoms with van der Waals surface area (Å²) in [6, 6.07) is 8.74. The van der Waals surface area contributed by atoms with Gasteiger partial charge in [0.2, 0.25) is 0 Å². The van der Waals surface area contributed by atoms with Gasteiger partial charge in [-0.3, -0.25) is 0 Å². The molecule has 0 bridgehead atoms. The second-order valence-electron chi connectivity index (χ2n) is 3.94. The van der Waals surface area contributed by atoms with Gasteiger partial charge in [-0.25, -0.2) is 4.98 Å². The van der Waals surface area contributed by atoms with E-state index in [1.54, 1.807) is 45.4 Å². The SMILES string of the molecule is COc1cc(OC)cc(Oc2nc(C)cc(C#N)n2)c1. The van der Waals surface area contributed by atoms with E-state index in [9.17, 15) is 0 Å². The topological polar surface area (TPSA) is 77.3 Å². The predicted octanol–water partition coefficient (Wildman–Crippen LogP) is 2.47. The maximum absolute atomic E-state index is 8.88. The normalized spacial score (nSPS) is 9.70. The molecule has 0 saturated carbocycles. The highest BCUT2D eigenvalue weighted by Gasteiger charge is 2.07. The van der Waals surface area contributed by atoms with Crippen LogP contribution in [0.15, 0.2) is 24.3 Å². The van der Waals surface area contributed by atoms with E-state index in [4.69, 9.17) is 19.5 Å². The highest BCUT2D eigenvalue weighted by atomic mass is 16.5. The van der Waals surface area contributed by atoms with Gasteiger partial charge in [-0.1, -0.05) is 0 Å². The van der Waals surface area contributed by atoms with Crippen molar-refractivity contribution in [2.45, 2.75) is 6.92 Å². The van der Waals surface area contributed by atoms with Gasteiger partial charge >= 0.3 is 6.01 Å². The Morgan fingerprint density at radius 2 is 1.55 bits per heavy atom. The predicted molar refractivity (Wildman–Crippen MR) is 71.1 cm³/mol. The first-order valence-corrected chi connectivity index (χ1v) is 5.81. The molecule has 0 N–H and O–H groups in total. The van der Waals surface area contributed by atoms with E-state index in [0.29, 0.717) is 22.9 Å². The van der Waals surface area contributed by atoms with Crippen LogP contribution in [0.1, 0.15) is 11.4 Å². The van der Waals surface area contributed by atoms with Gasteiger partial charge in [-0.15, -0.1) is 0 Å². The molecule has 0 aliphatic carbocycles. The number of nitrogens with zero attached hydrogens (tertiary/aromatic N) is 3. The Kier molecular flexibility index (Phi) is 4.01. The first-order chi connectivity index (χ1) is 9.64. The number of ether oxygens (including phenoxy) is 3. The Hall–Kier alpha value is -2.81. The second kappa shape index (κ2) is 5.89. The molecule has 1 aromatic heterocycles. The molecular formula is C14H13N3O3. The Balaban J connectivity index is 2.34. The van der Waals surface area contributed by atoms with Gasteiger partial charge < -0.3 is 14.2 Å². The van der Waals surface area contributed by atoms with E-state index >= 15 is 0 Å². The van der Waals surface area contributed by atoms with E-state index in [1.165, 1.54) is 0 Å². The van der Waals surface area contributed by atoms with E-state index in [1.807, 2.05) is 6.07 Å². The number of aryl methyl sites for hydroxylation is 1. The number of benzene rings is 1. The maximum atomic E-state index is 8.88. The standard InChI is InChI=1S/C14H13N3O3/c1-9-4-10(8-15)17-14(16-9)20-13-6-11(18-2)5-12(7-13)19-3/h4-7H,1-3H3. The van der Waals surface area contributed by atoms with Crippen molar-refractivity contribution >= 4 is 0 Å². The summed E-state index contributed by atoms with van der Waals surface area (Å²) >= 11 is 0. The molecular weight excluding hydrogens is 258 g/mol. The van der Waals surface area contributed by atoms with Crippen molar-refractivity contribution in [3.05, 3.63) is 35.7 Å². The van der Waals surface area contributed by atoms with Gasteiger partial charge in [0.25, 0.3) is 0 Å². The van der Waals surface area contributed by atoms with Crippen LogP contribution in [-0.2, 0) is 0 Å². The first kappa shape index (κ1) is 13.6. The van der Waals surface area contributed by atoms with Gasteiger partial charge in [0.1, 0.15) is 29.0 Å². The number of hydrogen-bond acceptors (Lipinski definition) is 6. The molecule has 0 spiro atoms. The Bertz CT molecular complexity index is 643. The summed E-state index contributed by atoms with van der Waals surface area (Å²) in [5.74, 6) is 1.65. The molecule has 0 aliphatic heterocycles. The molecule has 0 saturated heterocycles. The molecule has 0 aliphatic rings. The fourth-order valence-electron chi connectivity index (χ4n) is 1.59. The van der Waals surface area contributed by atoms with Gasteiger partial charge in [0.05, 0.1) is 14.2 Å². The van der Waals surface area contributed by atoms with Gasteiger partial charge in [-0.05, 0) is 13.0 Å². The Morgan fingerprint density at radius 3 is 2.10 bits per heavy atom. The van der Waals surface area contributed by atoms with Gasteiger partial charge in [0, 0.05) is 23.9 Å². The first-order valence-electron chi connectivity index (χ1n) is 5.81. The lowest BCUT2D eigenvalue weighted by Gasteiger charge is -2.09. The number of hydrogen-bond donors (Lipinski definition) is 0. The third-order valence-corrected chi connectivity index (χ3v) is 2.48. The Labute approximate surface area is 116 Å². The zero-order chi connectivity index (χ0) is 14.5. The van der Waals surface area contributed by atoms with E-state index in [0.717, 1.165) is 0 Å². The minimum absolute atomic E-state index is 0.108. The van der Waals surface area contributed by atoms with Gasteiger partial charge in [-0.2, -0.15) is 10.2 Å². The molecule has 6 nitrogen and oxygen atoms in total. The number of rotatable bonds is 4. The quantitative estimate of drug-likeness (QED) is 0.850. The van der Waals surface area contributed by atoms with Crippen LogP contribution < -0.4 is 14.2 Å². The fourth-order valence-corrected chi connectivity index (χ4v) is 1.59. The van der Waals surface area contributed by atoms with Crippen LogP contribution in [0.4, 0.5) is 0 Å². The van der Waals surface area contributed by atoms with Crippen molar-refractivity contribution in [3.8, 4) is 29.3 Å². The second-order valence-corrected chi connectivity index (χ2v) is 3.94. The lowest BCUT2D eigenvalue weighted by Crippen LogP contribution is -1.97. The summed E-state index contributed by atoms with van der Waals surface area (Å²) < 4.78 is 15.9. The van der Waals surface area contributed by atoms with Crippen LogP contribution in [0.3, 0.4) is 0 Å². The molecule has 0 atom stereocenters. The Morgan fingerprint density at radius 1 is 0.950 bits per heavy atom. The van der Waals surface area contributed by atoms with Crippen LogP contribution in [0.25, 0.3) is 0 Å². The van der Waals surface area contributed by atoms with Crippen molar-refractivity contribution in [1.29, 1.82) is 5.26 Å². The molecule has 20 heavy (non-hydrogen) atoms. The molecule has 0 fully saturated rings. The monoisotopic (exact) mass is 271 g/mol. The summed E-state index contributed by atoms with van der Waals surface area (Å²) in [5, 5.41) is 8.88. The molecule has 2 rings (SSSR count). The lowest BCUT2D eigenvalue weighted by atomic mass is 10.3. The van der Waals surface area contributed by atoms with Crippen LogP contribution in [0.5, 0.6) is 23.3 Å². The van der Waals surface area contributed by atoms with Crippen molar-refractivity contribution in [3.63, 3.8) is 0 Å². The van der Waals surface area contributed by atoms with Crippen LogP contribution >= 0.6 is 0 Å². The number of methoxy groups -OCH3 is 2. The molecule has 0 radical (unpaired) electrons. The highest BCUT2D eigenvalue weighted by Crippen LogP contribution is 2.29. The fraction of sp³-hybridized carbons (Fsp3) is 0.214. The van der Waals surface area contributed by atoms with Crippen LogP contribution in [0, 0.1) is 18.3 Å². The van der Waals surface area contributed by atoms with Crippen molar-refractivity contribution in [1.82, 2.24) is 9.97 Å². The van der Waals surface area contributed by atoms with Crippen LogP contribution in [-0.4, -0.2) is 24.2 Å². The largest absolute Gasteiger partial charge is 0.496 e. The zero-order valence-corrected chi connectivity index (χ0v) is 11.4.